The third kappa shape index (κ3) is 3.42. The van der Waals surface area contributed by atoms with Crippen LogP contribution in [0.25, 0.3) is 0 Å². The predicted molar refractivity (Wildman–Crippen MR) is 36.3 cm³/mol. The van der Waals surface area contributed by atoms with E-state index in [0.29, 0.717) is 0 Å². The first kappa shape index (κ1) is 9.39. The van der Waals surface area contributed by atoms with Crippen molar-refractivity contribution in [3.63, 3.8) is 0 Å². The number of hydrogen-bond donors (Lipinski definition) is 2. The van der Waals surface area contributed by atoms with Gasteiger partial charge >= 0.3 is 5.97 Å². The van der Waals surface area contributed by atoms with Crippen molar-refractivity contribution in [2.24, 2.45) is 0 Å². The molecule has 4 nitrogen and oxygen atoms in total. The van der Waals surface area contributed by atoms with Gasteiger partial charge in [0.2, 0.25) is 0 Å². The van der Waals surface area contributed by atoms with Crippen molar-refractivity contribution in [2.45, 2.75) is 26.1 Å². The van der Waals surface area contributed by atoms with E-state index in [1.807, 2.05) is 0 Å². The van der Waals surface area contributed by atoms with E-state index in [4.69, 9.17) is 5.11 Å². The first-order chi connectivity index (χ1) is 4.57. The summed E-state index contributed by atoms with van der Waals surface area (Å²) >= 11 is 0. The molecular weight excluding hydrogens is 134 g/mol. The molecule has 0 aliphatic carbocycles. The highest BCUT2D eigenvalue weighted by Crippen LogP contribution is 1.86. The Morgan fingerprint density at radius 3 is 2.40 bits per heavy atom. The summed E-state index contributed by atoms with van der Waals surface area (Å²) in [6, 6.07) is -0.454. The SMILES string of the molecule is COC(=O)[C@@H](C)NC(C)O. The lowest BCUT2D eigenvalue weighted by atomic mass is 10.3. The van der Waals surface area contributed by atoms with Crippen LogP contribution in [0, 0.1) is 0 Å². The Kier molecular flexibility index (Phi) is 3.99. The number of rotatable bonds is 3. The molecule has 0 radical (unpaired) electrons. The number of aliphatic hydroxyl groups is 1. The van der Waals surface area contributed by atoms with Gasteiger partial charge in [0.25, 0.3) is 0 Å². The largest absolute Gasteiger partial charge is 0.468 e. The van der Waals surface area contributed by atoms with Crippen LogP contribution in [0.5, 0.6) is 0 Å². The third-order valence-electron chi connectivity index (χ3n) is 1.05. The summed E-state index contributed by atoms with van der Waals surface area (Å²) in [5.74, 6) is -0.374. The van der Waals surface area contributed by atoms with Gasteiger partial charge < -0.3 is 9.84 Å². The Labute approximate surface area is 60.2 Å². The monoisotopic (exact) mass is 147 g/mol. The van der Waals surface area contributed by atoms with Crippen LogP contribution in [0.3, 0.4) is 0 Å². The Balaban J connectivity index is 3.61. The third-order valence-corrected chi connectivity index (χ3v) is 1.05. The maximum absolute atomic E-state index is 10.7. The molecule has 0 rings (SSSR count). The molecule has 0 fully saturated rings. The molecule has 0 amide bonds. The van der Waals surface area contributed by atoms with Crippen molar-refractivity contribution in [3.05, 3.63) is 0 Å². The first-order valence-electron chi connectivity index (χ1n) is 3.10. The van der Waals surface area contributed by atoms with E-state index in [1.165, 1.54) is 7.11 Å². The van der Waals surface area contributed by atoms with E-state index < -0.39 is 12.3 Å². The summed E-state index contributed by atoms with van der Waals surface area (Å²) in [5, 5.41) is 11.3. The smallest absolute Gasteiger partial charge is 0.322 e. The van der Waals surface area contributed by atoms with Gasteiger partial charge in [-0.25, -0.2) is 0 Å². The number of ether oxygens (including phenoxy) is 1. The van der Waals surface area contributed by atoms with Gasteiger partial charge in [-0.15, -0.1) is 0 Å². The van der Waals surface area contributed by atoms with E-state index in [1.54, 1.807) is 13.8 Å². The molecule has 0 spiro atoms. The van der Waals surface area contributed by atoms with E-state index in [2.05, 4.69) is 10.1 Å². The van der Waals surface area contributed by atoms with Crippen LogP contribution in [-0.4, -0.2) is 30.5 Å². The lowest BCUT2D eigenvalue weighted by Crippen LogP contribution is -2.40. The second kappa shape index (κ2) is 4.24. The Morgan fingerprint density at radius 2 is 2.10 bits per heavy atom. The zero-order chi connectivity index (χ0) is 8.15. The molecule has 0 heterocycles. The lowest BCUT2D eigenvalue weighted by molar-refractivity contribution is -0.143. The van der Waals surface area contributed by atoms with Crippen molar-refractivity contribution in [1.29, 1.82) is 0 Å². The minimum atomic E-state index is -0.686. The molecule has 0 aromatic heterocycles. The van der Waals surface area contributed by atoms with E-state index in [9.17, 15) is 4.79 Å². The molecule has 2 N–H and O–H groups in total. The average molecular weight is 147 g/mol. The highest BCUT2D eigenvalue weighted by Gasteiger charge is 2.13. The van der Waals surface area contributed by atoms with Gasteiger partial charge in [0, 0.05) is 0 Å². The molecule has 0 aliphatic heterocycles. The van der Waals surface area contributed by atoms with E-state index in [-0.39, 0.29) is 5.97 Å². The fourth-order valence-electron chi connectivity index (χ4n) is 0.607. The highest BCUT2D eigenvalue weighted by molar-refractivity contribution is 5.75. The second-order valence-corrected chi connectivity index (χ2v) is 2.09. The summed E-state index contributed by atoms with van der Waals surface area (Å²) in [6.07, 6.45) is -0.686. The van der Waals surface area contributed by atoms with Crippen LogP contribution >= 0.6 is 0 Å². The normalized spacial score (nSPS) is 16.0. The Bertz CT molecular complexity index is 114. The molecule has 0 saturated carbocycles. The van der Waals surface area contributed by atoms with Crippen LogP contribution in [0.1, 0.15) is 13.8 Å². The molecule has 0 bridgehead atoms. The lowest BCUT2D eigenvalue weighted by Gasteiger charge is -2.12. The number of carbonyl (C=O) groups is 1. The van der Waals surface area contributed by atoms with Crippen molar-refractivity contribution in [3.8, 4) is 0 Å². The van der Waals surface area contributed by atoms with Gasteiger partial charge in [0.1, 0.15) is 12.3 Å². The molecule has 60 valence electrons. The number of esters is 1. The maximum Gasteiger partial charge on any atom is 0.322 e. The van der Waals surface area contributed by atoms with Crippen LogP contribution in [0.15, 0.2) is 0 Å². The van der Waals surface area contributed by atoms with Crippen LogP contribution < -0.4 is 5.32 Å². The molecule has 10 heavy (non-hydrogen) atoms. The number of aliphatic hydroxyl groups excluding tert-OH is 1. The molecule has 0 aromatic carbocycles. The number of hydrogen-bond acceptors (Lipinski definition) is 4. The predicted octanol–water partition coefficient (Wildman–Crippen LogP) is -0.524. The van der Waals surface area contributed by atoms with E-state index in [0.717, 1.165) is 0 Å². The molecular formula is C6H13NO3. The molecule has 0 aromatic rings. The van der Waals surface area contributed by atoms with Crippen molar-refractivity contribution in [2.75, 3.05) is 7.11 Å². The van der Waals surface area contributed by atoms with Gasteiger partial charge in [-0.05, 0) is 13.8 Å². The van der Waals surface area contributed by atoms with Gasteiger partial charge in [-0.3, -0.25) is 10.1 Å². The zero-order valence-electron chi connectivity index (χ0n) is 6.42. The Morgan fingerprint density at radius 1 is 1.60 bits per heavy atom. The summed E-state index contributed by atoms with van der Waals surface area (Å²) in [5.41, 5.74) is 0. The summed E-state index contributed by atoms with van der Waals surface area (Å²) in [7, 11) is 1.31. The topological polar surface area (TPSA) is 58.6 Å². The minimum absolute atomic E-state index is 0.374. The summed E-state index contributed by atoms with van der Waals surface area (Å²) in [6.45, 7) is 3.16. The minimum Gasteiger partial charge on any atom is -0.468 e. The maximum atomic E-state index is 10.7. The van der Waals surface area contributed by atoms with Gasteiger partial charge in [0.05, 0.1) is 7.11 Å². The number of methoxy groups -OCH3 is 1. The van der Waals surface area contributed by atoms with E-state index >= 15 is 0 Å². The zero-order valence-corrected chi connectivity index (χ0v) is 6.42. The van der Waals surface area contributed by atoms with Crippen LogP contribution in [0.4, 0.5) is 0 Å². The average Bonchev–Trinajstić information content (AvgIpc) is 1.85. The fourth-order valence-corrected chi connectivity index (χ4v) is 0.607. The van der Waals surface area contributed by atoms with Crippen molar-refractivity contribution < 1.29 is 14.6 Å². The summed E-state index contributed by atoms with van der Waals surface area (Å²) < 4.78 is 4.40. The molecule has 2 atom stereocenters. The fraction of sp³-hybridized carbons (Fsp3) is 0.833. The standard InChI is InChI=1S/C6H13NO3/c1-4(6(9)10-3)7-5(2)8/h4-5,7-8H,1-3H3/t4-,5?/m1/s1. The number of carbonyl (C=O) groups excluding carboxylic acids is 1. The van der Waals surface area contributed by atoms with Gasteiger partial charge in [-0.2, -0.15) is 0 Å². The quantitative estimate of drug-likeness (QED) is 0.416. The van der Waals surface area contributed by atoms with Crippen LogP contribution in [-0.2, 0) is 9.53 Å². The molecule has 0 saturated heterocycles. The van der Waals surface area contributed by atoms with Gasteiger partial charge in [0.15, 0.2) is 0 Å². The van der Waals surface area contributed by atoms with Crippen molar-refractivity contribution in [1.82, 2.24) is 5.32 Å². The molecule has 4 heteroatoms. The summed E-state index contributed by atoms with van der Waals surface area (Å²) in [4.78, 5) is 10.7. The van der Waals surface area contributed by atoms with Crippen LogP contribution in [0.2, 0.25) is 0 Å². The highest BCUT2D eigenvalue weighted by atomic mass is 16.5. The van der Waals surface area contributed by atoms with Gasteiger partial charge in [-0.1, -0.05) is 0 Å². The van der Waals surface area contributed by atoms with Crippen molar-refractivity contribution >= 4 is 5.97 Å². The first-order valence-corrected chi connectivity index (χ1v) is 3.10. The molecule has 0 aliphatic rings. The second-order valence-electron chi connectivity index (χ2n) is 2.09. The number of nitrogens with one attached hydrogen (secondary N) is 1. The molecule has 1 unspecified atom stereocenters. The Hall–Kier alpha value is -0.610.